The van der Waals surface area contributed by atoms with Gasteiger partial charge in [0, 0.05) is 11.8 Å². The summed E-state index contributed by atoms with van der Waals surface area (Å²) in [5.74, 6) is 3.86. The van der Waals surface area contributed by atoms with Crippen molar-refractivity contribution in [2.45, 2.75) is 70.8 Å². The highest BCUT2D eigenvalue weighted by molar-refractivity contribution is 5.91. The maximum absolute atomic E-state index is 12.1. The minimum Gasteiger partial charge on any atom is -0.449 e. The third kappa shape index (κ3) is 2.63. The van der Waals surface area contributed by atoms with Crippen LogP contribution in [0.15, 0.2) is 24.0 Å². The zero-order chi connectivity index (χ0) is 21.3. The average Bonchev–Trinajstić information content (AvgIpc) is 3.48. The smallest absolute Gasteiger partial charge is 0.449 e. The van der Waals surface area contributed by atoms with E-state index in [1.165, 1.54) is 11.8 Å². The van der Waals surface area contributed by atoms with Gasteiger partial charge in [-0.3, -0.25) is 4.79 Å². The fraction of sp³-hybridized carbons (Fsp3) is 0.760. The second-order valence-electron chi connectivity index (χ2n) is 10.5. The third-order valence-corrected chi connectivity index (χ3v) is 9.86. The van der Waals surface area contributed by atoms with E-state index < -0.39 is 11.8 Å². The fourth-order valence-corrected chi connectivity index (χ4v) is 8.78. The molecule has 0 bridgehead atoms. The number of ether oxygens (including phenoxy) is 1. The Kier molecular flexibility index (Phi) is 4.70. The summed E-state index contributed by atoms with van der Waals surface area (Å²) in [6.45, 7) is 4.48. The summed E-state index contributed by atoms with van der Waals surface area (Å²) in [6, 6.07) is 0. The number of allylic oxidation sites excluding steroid dienone is 1. The van der Waals surface area contributed by atoms with Crippen LogP contribution >= 0.6 is 0 Å². The molecule has 2 N–H and O–H groups in total. The third-order valence-electron chi connectivity index (χ3n) is 9.86. The number of carbonyl (C=O) groups is 2. The van der Waals surface area contributed by atoms with Crippen molar-refractivity contribution in [1.29, 1.82) is 0 Å². The first-order valence-electron chi connectivity index (χ1n) is 11.9. The molecule has 0 aromatic carbocycles. The topological polar surface area (TPSA) is 83.8 Å². The van der Waals surface area contributed by atoms with E-state index in [0.29, 0.717) is 47.7 Å². The van der Waals surface area contributed by atoms with Crippen LogP contribution in [0, 0.1) is 46.8 Å². The zero-order valence-electron chi connectivity index (χ0n) is 18.0. The molecule has 0 spiro atoms. The van der Waals surface area contributed by atoms with E-state index in [1.807, 2.05) is 6.08 Å². The molecular formula is C25H34O5. The molecule has 5 heteroatoms. The van der Waals surface area contributed by atoms with Crippen LogP contribution in [0.1, 0.15) is 65.2 Å². The van der Waals surface area contributed by atoms with Crippen LogP contribution < -0.4 is 0 Å². The zero-order valence-corrected chi connectivity index (χ0v) is 18.0. The normalized spacial score (nSPS) is 49.0. The number of carboxylic acid groups (broad SMARTS) is 1. The predicted molar refractivity (Wildman–Crippen MR) is 111 cm³/mol. The summed E-state index contributed by atoms with van der Waals surface area (Å²) in [7, 11) is 0. The number of carbonyl (C=O) groups excluding carboxylic acids is 1. The Labute approximate surface area is 178 Å². The second kappa shape index (κ2) is 6.94. The predicted octanol–water partition coefficient (Wildman–Crippen LogP) is 4.95. The molecule has 5 aliphatic rings. The van der Waals surface area contributed by atoms with Gasteiger partial charge in [-0.2, -0.15) is 0 Å². The van der Waals surface area contributed by atoms with Gasteiger partial charge in [-0.25, -0.2) is 4.79 Å². The van der Waals surface area contributed by atoms with Crippen LogP contribution in [0.2, 0.25) is 0 Å². The van der Waals surface area contributed by atoms with Crippen LogP contribution in [0.25, 0.3) is 0 Å². The number of aliphatic hydroxyl groups is 1. The SMILES string of the molecule is CC[C@@H]1CC2=CC(=O)CC[C@@H]2[C@H]2CC[C@@]3(CC)[C@@H]([C@H]4C[C@H]4[C@@]3(O)/C=C\OC(=O)O)[C@H]12. The summed E-state index contributed by atoms with van der Waals surface area (Å²) in [5, 5.41) is 20.8. The quantitative estimate of drug-likeness (QED) is 0.502. The summed E-state index contributed by atoms with van der Waals surface area (Å²) in [6.07, 6.45) is 11.3. The van der Waals surface area contributed by atoms with Gasteiger partial charge in [-0.05, 0) is 92.1 Å². The lowest BCUT2D eigenvalue weighted by Gasteiger charge is -2.60. The van der Waals surface area contributed by atoms with Crippen LogP contribution in [0.3, 0.4) is 0 Å². The number of rotatable bonds is 4. The van der Waals surface area contributed by atoms with E-state index >= 15 is 0 Å². The molecule has 0 aliphatic heterocycles. The van der Waals surface area contributed by atoms with E-state index in [-0.39, 0.29) is 11.3 Å². The fourth-order valence-electron chi connectivity index (χ4n) is 8.78. The Morgan fingerprint density at radius 3 is 2.80 bits per heavy atom. The van der Waals surface area contributed by atoms with Crippen LogP contribution in [0.4, 0.5) is 4.79 Å². The molecule has 0 heterocycles. The van der Waals surface area contributed by atoms with Crippen molar-refractivity contribution in [3.8, 4) is 0 Å². The summed E-state index contributed by atoms with van der Waals surface area (Å²) < 4.78 is 4.67. The van der Waals surface area contributed by atoms with Crippen LogP contribution in [0.5, 0.6) is 0 Å². The highest BCUT2D eigenvalue weighted by Crippen LogP contribution is 2.77. The van der Waals surface area contributed by atoms with E-state index in [9.17, 15) is 14.7 Å². The van der Waals surface area contributed by atoms with Crippen LogP contribution in [-0.4, -0.2) is 27.8 Å². The Morgan fingerprint density at radius 1 is 1.30 bits per heavy atom. The standard InChI is InChI=1S/C25H34O5/c1-3-14-11-15-12-16(26)5-6-17(15)18-7-8-24(4-2)22(21(14)18)19-13-20(19)25(24,29)9-10-30-23(27)28/h9-10,12,14,17-22,29H,3-8,11,13H2,1-2H3,(H,27,28)/b10-9-/t14-,17+,18-,19+,20-,21-,22+,24+,25+/m1/s1. The van der Waals surface area contributed by atoms with Crippen LogP contribution in [-0.2, 0) is 9.53 Å². The molecule has 30 heavy (non-hydrogen) atoms. The molecule has 9 atom stereocenters. The summed E-state index contributed by atoms with van der Waals surface area (Å²) >= 11 is 0. The molecule has 0 radical (unpaired) electrons. The van der Waals surface area contributed by atoms with Gasteiger partial charge in [0.25, 0.3) is 0 Å². The van der Waals surface area contributed by atoms with Gasteiger partial charge in [0.1, 0.15) is 0 Å². The molecule has 0 amide bonds. The minimum atomic E-state index is -1.34. The number of fused-ring (bicyclic) bond motifs is 7. The van der Waals surface area contributed by atoms with Gasteiger partial charge in [0.15, 0.2) is 5.78 Å². The average molecular weight is 415 g/mol. The molecule has 0 aromatic rings. The molecule has 164 valence electrons. The van der Waals surface area contributed by atoms with E-state index in [1.54, 1.807) is 6.08 Å². The highest BCUT2D eigenvalue weighted by Gasteiger charge is 2.76. The Balaban J connectivity index is 1.52. The van der Waals surface area contributed by atoms with Crippen molar-refractivity contribution in [2.75, 3.05) is 0 Å². The molecule has 5 rings (SSSR count). The second-order valence-corrected chi connectivity index (χ2v) is 10.5. The molecule has 4 fully saturated rings. The van der Waals surface area contributed by atoms with Gasteiger partial charge in [-0.1, -0.05) is 25.8 Å². The van der Waals surface area contributed by atoms with Crippen molar-refractivity contribution >= 4 is 11.9 Å². The maximum atomic E-state index is 12.1. The molecule has 0 saturated heterocycles. The molecule has 0 aromatic heterocycles. The van der Waals surface area contributed by atoms with Gasteiger partial charge >= 0.3 is 6.16 Å². The van der Waals surface area contributed by atoms with Crippen molar-refractivity contribution in [3.63, 3.8) is 0 Å². The monoisotopic (exact) mass is 414 g/mol. The number of hydrogen-bond donors (Lipinski definition) is 2. The lowest BCUT2D eigenvalue weighted by molar-refractivity contribution is -0.139. The Hall–Kier alpha value is -1.62. The first-order chi connectivity index (χ1) is 14.4. The van der Waals surface area contributed by atoms with Crippen molar-refractivity contribution in [3.05, 3.63) is 24.0 Å². The van der Waals surface area contributed by atoms with Gasteiger partial charge in [0.2, 0.25) is 0 Å². The van der Waals surface area contributed by atoms with Crippen molar-refractivity contribution in [1.82, 2.24) is 0 Å². The van der Waals surface area contributed by atoms with Crippen molar-refractivity contribution < 1.29 is 24.5 Å². The molecule has 4 saturated carbocycles. The summed E-state index contributed by atoms with van der Waals surface area (Å²) in [4.78, 5) is 22.9. The highest BCUT2D eigenvalue weighted by atomic mass is 16.7. The maximum Gasteiger partial charge on any atom is 0.510 e. The number of hydrogen-bond acceptors (Lipinski definition) is 4. The van der Waals surface area contributed by atoms with Crippen molar-refractivity contribution in [2.24, 2.45) is 46.8 Å². The Morgan fingerprint density at radius 2 is 2.10 bits per heavy atom. The van der Waals surface area contributed by atoms with Gasteiger partial charge in [0.05, 0.1) is 11.9 Å². The number of ketones is 1. The Bertz CT molecular complexity index is 814. The lowest BCUT2D eigenvalue weighted by Crippen LogP contribution is -2.57. The first kappa shape index (κ1) is 20.3. The first-order valence-corrected chi connectivity index (χ1v) is 11.9. The lowest BCUT2D eigenvalue weighted by atomic mass is 9.45. The molecule has 5 nitrogen and oxygen atoms in total. The van der Waals surface area contributed by atoms with E-state index in [0.717, 1.165) is 44.9 Å². The van der Waals surface area contributed by atoms with Gasteiger partial charge in [-0.15, -0.1) is 0 Å². The molecular weight excluding hydrogens is 380 g/mol. The summed E-state index contributed by atoms with van der Waals surface area (Å²) in [5.41, 5.74) is 0.229. The van der Waals surface area contributed by atoms with E-state index in [2.05, 4.69) is 18.6 Å². The molecule has 5 aliphatic carbocycles. The minimum absolute atomic E-state index is 0.195. The largest absolute Gasteiger partial charge is 0.510 e. The molecule has 0 unspecified atom stereocenters. The van der Waals surface area contributed by atoms with Gasteiger partial charge < -0.3 is 14.9 Å². The van der Waals surface area contributed by atoms with E-state index in [4.69, 9.17) is 5.11 Å².